The monoisotopic (exact) mass is 311 g/mol. The molecule has 1 atom stereocenters. The molecular weight excluding hydrogens is 294 g/mol. The molecule has 2 aromatic carbocycles. The van der Waals surface area contributed by atoms with Gasteiger partial charge in [0.15, 0.2) is 6.10 Å². The number of hydrogen-bond acceptors (Lipinski definition) is 5. The highest BCUT2D eigenvalue weighted by atomic mass is 16.6. The Morgan fingerprint density at radius 3 is 2.65 bits per heavy atom. The van der Waals surface area contributed by atoms with Gasteiger partial charge in [-0.3, -0.25) is 10.1 Å². The van der Waals surface area contributed by atoms with Gasteiger partial charge in [-0.15, -0.1) is 0 Å². The maximum absolute atomic E-state index is 10.6. The van der Waals surface area contributed by atoms with Crippen molar-refractivity contribution in [2.24, 2.45) is 0 Å². The first-order valence-electron chi connectivity index (χ1n) is 7.26. The van der Waals surface area contributed by atoms with Gasteiger partial charge in [0.25, 0.3) is 5.69 Å². The van der Waals surface area contributed by atoms with E-state index in [0.717, 1.165) is 11.3 Å². The summed E-state index contributed by atoms with van der Waals surface area (Å²) >= 11 is 0. The minimum atomic E-state index is -0.451. The highest BCUT2D eigenvalue weighted by Crippen LogP contribution is 2.19. The van der Waals surface area contributed by atoms with E-state index in [1.165, 1.54) is 12.1 Å². The summed E-state index contributed by atoms with van der Waals surface area (Å²) in [6, 6.07) is 15.9. The summed E-state index contributed by atoms with van der Waals surface area (Å²) in [4.78, 5) is 10.2. The molecule has 0 saturated heterocycles. The molecular formula is C17H17N3O3. The molecule has 6 heteroatoms. The van der Waals surface area contributed by atoms with E-state index in [2.05, 4.69) is 11.4 Å². The first-order valence-corrected chi connectivity index (χ1v) is 7.26. The lowest BCUT2D eigenvalue weighted by Crippen LogP contribution is -2.12. The fraction of sp³-hybridized carbons (Fsp3) is 0.235. The molecule has 118 valence electrons. The number of nitro groups is 1. The largest absolute Gasteiger partial charge is 0.476 e. The van der Waals surface area contributed by atoms with E-state index >= 15 is 0 Å². The zero-order valence-electron chi connectivity index (χ0n) is 12.7. The average Bonchev–Trinajstić information content (AvgIpc) is 2.58. The Bertz CT molecular complexity index is 708. The van der Waals surface area contributed by atoms with Gasteiger partial charge in [-0.1, -0.05) is 19.1 Å². The molecule has 0 fully saturated rings. The number of anilines is 1. The number of rotatable bonds is 7. The van der Waals surface area contributed by atoms with Crippen LogP contribution in [-0.2, 0) is 6.54 Å². The SMILES string of the molecule is CCC(C#N)Oc1cccc(CNc2ccc([N+](=O)[O-])cc2)c1. The summed E-state index contributed by atoms with van der Waals surface area (Å²) in [5.74, 6) is 0.654. The minimum absolute atomic E-state index is 0.0630. The van der Waals surface area contributed by atoms with Gasteiger partial charge >= 0.3 is 0 Å². The highest BCUT2D eigenvalue weighted by molar-refractivity contribution is 5.49. The topological polar surface area (TPSA) is 88.2 Å². The summed E-state index contributed by atoms with van der Waals surface area (Å²) in [5, 5.41) is 22.7. The van der Waals surface area contributed by atoms with Crippen molar-refractivity contribution in [1.29, 1.82) is 5.26 Å². The summed E-state index contributed by atoms with van der Waals surface area (Å²) in [6.07, 6.45) is 0.176. The number of nitro benzene ring substituents is 1. The van der Waals surface area contributed by atoms with Crippen molar-refractivity contribution < 1.29 is 9.66 Å². The van der Waals surface area contributed by atoms with Gasteiger partial charge in [-0.2, -0.15) is 5.26 Å². The molecule has 0 aliphatic carbocycles. The van der Waals surface area contributed by atoms with E-state index in [1.54, 1.807) is 12.1 Å². The molecule has 0 saturated carbocycles. The summed E-state index contributed by atoms with van der Waals surface area (Å²) in [6.45, 7) is 2.45. The van der Waals surface area contributed by atoms with E-state index in [1.807, 2.05) is 31.2 Å². The molecule has 0 aliphatic heterocycles. The Morgan fingerprint density at radius 1 is 1.30 bits per heavy atom. The van der Waals surface area contributed by atoms with Crippen LogP contribution in [0.3, 0.4) is 0 Å². The third kappa shape index (κ3) is 4.71. The minimum Gasteiger partial charge on any atom is -0.476 e. The molecule has 1 N–H and O–H groups in total. The van der Waals surface area contributed by atoms with Crippen molar-refractivity contribution in [1.82, 2.24) is 0 Å². The van der Waals surface area contributed by atoms with E-state index in [9.17, 15) is 10.1 Å². The number of ether oxygens (including phenoxy) is 1. The van der Waals surface area contributed by atoms with Crippen molar-refractivity contribution >= 4 is 11.4 Å². The van der Waals surface area contributed by atoms with E-state index < -0.39 is 11.0 Å². The lowest BCUT2D eigenvalue weighted by atomic mass is 10.2. The maximum Gasteiger partial charge on any atom is 0.269 e. The first-order chi connectivity index (χ1) is 11.1. The molecule has 6 nitrogen and oxygen atoms in total. The summed E-state index contributed by atoms with van der Waals surface area (Å²) < 4.78 is 5.58. The number of nitrogens with one attached hydrogen (secondary N) is 1. The quantitative estimate of drug-likeness (QED) is 0.619. The van der Waals surface area contributed by atoms with Crippen LogP contribution in [0, 0.1) is 21.4 Å². The molecule has 0 spiro atoms. The molecule has 2 aromatic rings. The average molecular weight is 311 g/mol. The molecule has 0 amide bonds. The molecule has 1 unspecified atom stereocenters. The summed E-state index contributed by atoms with van der Waals surface area (Å²) in [5.41, 5.74) is 1.85. The van der Waals surface area contributed by atoms with Crippen LogP contribution >= 0.6 is 0 Å². The number of nitriles is 1. The Morgan fingerprint density at radius 2 is 2.04 bits per heavy atom. The molecule has 0 aliphatic rings. The molecule has 23 heavy (non-hydrogen) atoms. The number of nitrogens with zero attached hydrogens (tertiary/aromatic N) is 2. The van der Waals surface area contributed by atoms with Gasteiger partial charge in [-0.25, -0.2) is 0 Å². The Kier molecular flexibility index (Phi) is 5.53. The fourth-order valence-electron chi connectivity index (χ4n) is 2.00. The molecule has 0 bridgehead atoms. The van der Waals surface area contributed by atoms with Gasteiger partial charge < -0.3 is 10.1 Å². The van der Waals surface area contributed by atoms with Gasteiger partial charge in [0.2, 0.25) is 0 Å². The predicted molar refractivity (Wildman–Crippen MR) is 87.2 cm³/mol. The van der Waals surface area contributed by atoms with E-state index in [0.29, 0.717) is 18.7 Å². The Labute approximate surface area is 134 Å². The van der Waals surface area contributed by atoms with Crippen LogP contribution in [0.15, 0.2) is 48.5 Å². The highest BCUT2D eigenvalue weighted by Gasteiger charge is 2.07. The third-order valence-corrected chi connectivity index (χ3v) is 3.27. The standard InChI is InChI=1S/C17H17N3O3/c1-2-16(11-18)23-17-5-3-4-13(10-17)12-19-14-6-8-15(9-7-14)20(21)22/h3-10,16,19H,2,12H2,1H3. The van der Waals surface area contributed by atoms with Crippen molar-refractivity contribution in [2.75, 3.05) is 5.32 Å². The van der Waals surface area contributed by atoms with Gasteiger partial charge in [0.05, 0.1) is 4.92 Å². The number of hydrogen-bond donors (Lipinski definition) is 1. The first kappa shape index (κ1) is 16.3. The normalized spacial score (nSPS) is 11.3. The van der Waals surface area contributed by atoms with E-state index in [-0.39, 0.29) is 5.69 Å². The van der Waals surface area contributed by atoms with Gasteiger partial charge in [-0.05, 0) is 36.2 Å². The molecule has 0 heterocycles. The maximum atomic E-state index is 10.6. The van der Waals surface area contributed by atoms with Crippen molar-refractivity contribution in [3.05, 3.63) is 64.2 Å². The molecule has 2 rings (SSSR count). The third-order valence-electron chi connectivity index (χ3n) is 3.27. The predicted octanol–water partition coefficient (Wildman–Crippen LogP) is 3.89. The second-order valence-corrected chi connectivity index (χ2v) is 4.95. The zero-order valence-corrected chi connectivity index (χ0v) is 12.7. The van der Waals surface area contributed by atoms with Crippen molar-refractivity contribution in [3.8, 4) is 11.8 Å². The molecule has 0 aromatic heterocycles. The van der Waals surface area contributed by atoms with Gasteiger partial charge in [0.1, 0.15) is 11.8 Å². The smallest absolute Gasteiger partial charge is 0.269 e. The zero-order chi connectivity index (χ0) is 16.7. The Hall–Kier alpha value is -3.07. The van der Waals surface area contributed by atoms with Crippen LogP contribution in [0.25, 0.3) is 0 Å². The van der Waals surface area contributed by atoms with Gasteiger partial charge in [0, 0.05) is 24.4 Å². The lowest BCUT2D eigenvalue weighted by Gasteiger charge is -2.12. The van der Waals surface area contributed by atoms with Crippen LogP contribution < -0.4 is 10.1 Å². The second kappa shape index (κ2) is 7.80. The Balaban J connectivity index is 1.98. The lowest BCUT2D eigenvalue weighted by molar-refractivity contribution is -0.384. The van der Waals surface area contributed by atoms with Crippen LogP contribution in [0.1, 0.15) is 18.9 Å². The summed E-state index contributed by atoms with van der Waals surface area (Å²) in [7, 11) is 0. The molecule has 0 radical (unpaired) electrons. The number of benzene rings is 2. The van der Waals surface area contributed by atoms with E-state index in [4.69, 9.17) is 10.00 Å². The van der Waals surface area contributed by atoms with Crippen LogP contribution in [0.5, 0.6) is 5.75 Å². The number of non-ortho nitro benzene ring substituents is 1. The second-order valence-electron chi connectivity index (χ2n) is 4.95. The van der Waals surface area contributed by atoms with Crippen molar-refractivity contribution in [3.63, 3.8) is 0 Å². The van der Waals surface area contributed by atoms with Crippen molar-refractivity contribution in [2.45, 2.75) is 26.0 Å². The van der Waals surface area contributed by atoms with Crippen LogP contribution in [0.2, 0.25) is 0 Å². The van der Waals surface area contributed by atoms with Crippen LogP contribution in [-0.4, -0.2) is 11.0 Å². The van der Waals surface area contributed by atoms with Crippen LogP contribution in [0.4, 0.5) is 11.4 Å². The fourth-order valence-corrected chi connectivity index (χ4v) is 2.00.